The maximum Gasteiger partial charge on any atom is 0.416 e. The first-order chi connectivity index (χ1) is 15.3. The molecule has 0 saturated heterocycles. The Morgan fingerprint density at radius 2 is 1.56 bits per heavy atom. The molecule has 8 heteroatoms. The molecule has 0 atom stereocenters. The summed E-state index contributed by atoms with van der Waals surface area (Å²) in [5.41, 5.74) is -0.902. The van der Waals surface area contributed by atoms with Gasteiger partial charge in [0.05, 0.1) is 17.1 Å². The van der Waals surface area contributed by atoms with E-state index in [4.69, 9.17) is 4.74 Å². The van der Waals surface area contributed by atoms with Crippen LogP contribution >= 0.6 is 0 Å². The lowest BCUT2D eigenvalue weighted by Gasteiger charge is -2.14. The Morgan fingerprint density at radius 3 is 2.22 bits per heavy atom. The summed E-state index contributed by atoms with van der Waals surface area (Å²) in [6.45, 7) is 0.428. The smallest absolute Gasteiger partial charge is 0.416 e. The number of unbranched alkanes of at least 4 members (excludes halogenated alkanes) is 1. The van der Waals surface area contributed by atoms with E-state index in [1.54, 1.807) is 24.3 Å². The highest BCUT2D eigenvalue weighted by atomic mass is 32.2. The molecule has 1 N–H and O–H groups in total. The number of nitrogens with one attached hydrogen (secondary N) is 1. The van der Waals surface area contributed by atoms with Crippen molar-refractivity contribution in [1.82, 2.24) is 0 Å². The lowest BCUT2D eigenvalue weighted by molar-refractivity contribution is -0.137. The van der Waals surface area contributed by atoms with Gasteiger partial charge < -0.3 is 4.74 Å². The van der Waals surface area contributed by atoms with Gasteiger partial charge in [-0.2, -0.15) is 13.2 Å². The van der Waals surface area contributed by atoms with Crippen LogP contribution in [0.5, 0.6) is 5.75 Å². The molecule has 0 unspecified atom stereocenters. The number of ether oxygens (including phenoxy) is 1. The standard InChI is InChI=1S/C24H22F3NO3S/c25-24(26,27)23-16-15-20(28-32(29,30)22-13-7-2-8-14-22)18-19(23)10-4-3-9-17-31-21-11-5-1-6-12-21/h1-2,4-8,10-16,18,28H,3,9,17H2/b10-4+. The first-order valence-electron chi connectivity index (χ1n) is 9.89. The number of benzene rings is 3. The summed E-state index contributed by atoms with van der Waals surface area (Å²) in [5, 5.41) is 0. The van der Waals surface area contributed by atoms with Crippen molar-refractivity contribution >= 4 is 21.8 Å². The monoisotopic (exact) mass is 461 g/mol. The van der Waals surface area contributed by atoms with Crippen LogP contribution in [-0.4, -0.2) is 15.0 Å². The fourth-order valence-electron chi connectivity index (χ4n) is 2.95. The Balaban J connectivity index is 1.69. The van der Waals surface area contributed by atoms with E-state index in [9.17, 15) is 21.6 Å². The minimum Gasteiger partial charge on any atom is -0.494 e. The Bertz CT molecular complexity index is 1150. The number of halogens is 3. The molecule has 4 nitrogen and oxygen atoms in total. The predicted molar refractivity (Wildman–Crippen MR) is 119 cm³/mol. The van der Waals surface area contributed by atoms with Gasteiger partial charge in [0.2, 0.25) is 0 Å². The quantitative estimate of drug-likeness (QED) is 0.376. The van der Waals surface area contributed by atoms with Gasteiger partial charge in [-0.05, 0) is 60.9 Å². The number of para-hydroxylation sites is 1. The Kier molecular flexibility index (Phi) is 7.58. The van der Waals surface area contributed by atoms with E-state index in [-0.39, 0.29) is 16.1 Å². The van der Waals surface area contributed by atoms with E-state index >= 15 is 0 Å². The van der Waals surface area contributed by atoms with Crippen LogP contribution in [-0.2, 0) is 16.2 Å². The van der Waals surface area contributed by atoms with Gasteiger partial charge in [-0.1, -0.05) is 48.6 Å². The highest BCUT2D eigenvalue weighted by molar-refractivity contribution is 7.92. The van der Waals surface area contributed by atoms with Crippen molar-refractivity contribution in [3.05, 3.63) is 96.1 Å². The van der Waals surface area contributed by atoms with Crippen molar-refractivity contribution in [3.8, 4) is 5.75 Å². The first-order valence-corrected chi connectivity index (χ1v) is 11.4. The molecule has 3 rings (SSSR count). The van der Waals surface area contributed by atoms with Crippen LogP contribution in [0.15, 0.2) is 89.8 Å². The summed E-state index contributed by atoms with van der Waals surface area (Å²) in [7, 11) is -3.91. The molecule has 0 fully saturated rings. The van der Waals surface area contributed by atoms with E-state index in [0.717, 1.165) is 17.9 Å². The number of anilines is 1. The van der Waals surface area contributed by atoms with Gasteiger partial charge in [0.1, 0.15) is 5.75 Å². The zero-order valence-corrected chi connectivity index (χ0v) is 17.9. The van der Waals surface area contributed by atoms with Crippen LogP contribution in [0.25, 0.3) is 6.08 Å². The van der Waals surface area contributed by atoms with E-state index in [0.29, 0.717) is 19.4 Å². The molecule has 0 bridgehead atoms. The molecular formula is C24H22F3NO3S. The average molecular weight is 462 g/mol. The van der Waals surface area contributed by atoms with E-state index in [1.165, 1.54) is 24.3 Å². The highest BCUT2D eigenvalue weighted by Gasteiger charge is 2.33. The molecule has 32 heavy (non-hydrogen) atoms. The molecule has 0 aromatic heterocycles. The number of allylic oxidation sites excluding steroid dienone is 1. The van der Waals surface area contributed by atoms with Gasteiger partial charge in [0, 0.05) is 5.69 Å². The molecular weight excluding hydrogens is 439 g/mol. The zero-order valence-electron chi connectivity index (χ0n) is 17.0. The van der Waals surface area contributed by atoms with Crippen molar-refractivity contribution in [3.63, 3.8) is 0 Å². The molecule has 168 valence electrons. The molecule has 0 saturated carbocycles. The van der Waals surface area contributed by atoms with Crippen molar-refractivity contribution in [2.24, 2.45) is 0 Å². The predicted octanol–water partition coefficient (Wildman–Crippen LogP) is 6.38. The normalized spacial score (nSPS) is 12.1. The van der Waals surface area contributed by atoms with Crippen molar-refractivity contribution < 1.29 is 26.3 Å². The summed E-state index contributed by atoms with van der Waals surface area (Å²) in [6.07, 6.45) is -0.468. The molecule has 3 aromatic rings. The van der Waals surface area contributed by atoms with Crippen LogP contribution in [0.1, 0.15) is 24.0 Å². The SMILES string of the molecule is O=S(=O)(Nc1ccc(C(F)(F)F)c(/C=C/CCCOc2ccccc2)c1)c1ccccc1. The Morgan fingerprint density at radius 1 is 0.906 bits per heavy atom. The topological polar surface area (TPSA) is 55.4 Å². The van der Waals surface area contributed by atoms with Crippen molar-refractivity contribution in [2.45, 2.75) is 23.9 Å². The molecule has 0 radical (unpaired) electrons. The molecule has 0 spiro atoms. The fraction of sp³-hybridized carbons (Fsp3) is 0.167. The van der Waals surface area contributed by atoms with Crippen molar-refractivity contribution in [2.75, 3.05) is 11.3 Å². The van der Waals surface area contributed by atoms with Gasteiger partial charge in [-0.25, -0.2) is 8.42 Å². The lowest BCUT2D eigenvalue weighted by Crippen LogP contribution is -2.14. The summed E-state index contributed by atoms with van der Waals surface area (Å²) in [4.78, 5) is 0.0235. The average Bonchev–Trinajstić information content (AvgIpc) is 2.76. The van der Waals surface area contributed by atoms with Gasteiger partial charge in [0.25, 0.3) is 10.0 Å². The van der Waals surface area contributed by atoms with Crippen molar-refractivity contribution in [1.29, 1.82) is 0 Å². The number of hydrogen-bond donors (Lipinski definition) is 1. The molecule has 0 aliphatic carbocycles. The minimum absolute atomic E-state index is 0.0235. The second-order valence-electron chi connectivity index (χ2n) is 6.92. The van der Waals surface area contributed by atoms with Crippen LogP contribution in [0.2, 0.25) is 0 Å². The van der Waals surface area contributed by atoms with Gasteiger partial charge in [-0.15, -0.1) is 0 Å². The number of sulfonamides is 1. The molecule has 0 aliphatic rings. The summed E-state index contributed by atoms with van der Waals surface area (Å²) >= 11 is 0. The van der Waals surface area contributed by atoms with E-state index < -0.39 is 21.8 Å². The van der Waals surface area contributed by atoms with Crippen LogP contribution in [0.4, 0.5) is 18.9 Å². The minimum atomic E-state index is -4.56. The number of rotatable bonds is 9. The molecule has 0 aliphatic heterocycles. The largest absolute Gasteiger partial charge is 0.494 e. The van der Waals surface area contributed by atoms with Crippen LogP contribution in [0.3, 0.4) is 0 Å². The maximum absolute atomic E-state index is 13.4. The third kappa shape index (κ3) is 6.62. The summed E-state index contributed by atoms with van der Waals surface area (Å²) in [6, 6.07) is 20.0. The number of hydrogen-bond acceptors (Lipinski definition) is 3. The maximum atomic E-state index is 13.4. The fourth-order valence-corrected chi connectivity index (χ4v) is 4.02. The summed E-state index contributed by atoms with van der Waals surface area (Å²) < 4.78 is 73.1. The molecule has 3 aromatic carbocycles. The van der Waals surface area contributed by atoms with E-state index in [2.05, 4.69) is 4.72 Å². The Labute approximate surface area is 185 Å². The van der Waals surface area contributed by atoms with Crippen LogP contribution in [0, 0.1) is 0 Å². The third-order valence-corrected chi connectivity index (χ3v) is 5.88. The first kappa shape index (κ1) is 23.4. The third-order valence-electron chi connectivity index (χ3n) is 4.49. The number of alkyl halides is 3. The van der Waals surface area contributed by atoms with Gasteiger partial charge in [-0.3, -0.25) is 4.72 Å². The highest BCUT2D eigenvalue weighted by Crippen LogP contribution is 2.34. The Hall–Kier alpha value is -3.26. The second-order valence-corrected chi connectivity index (χ2v) is 8.61. The second kappa shape index (κ2) is 10.4. The zero-order chi connectivity index (χ0) is 23.0. The van der Waals surface area contributed by atoms with Gasteiger partial charge >= 0.3 is 6.18 Å². The molecule has 0 amide bonds. The van der Waals surface area contributed by atoms with E-state index in [1.807, 2.05) is 30.3 Å². The van der Waals surface area contributed by atoms with Gasteiger partial charge in [0.15, 0.2) is 0 Å². The molecule has 0 heterocycles. The van der Waals surface area contributed by atoms with Crippen LogP contribution < -0.4 is 9.46 Å². The lowest BCUT2D eigenvalue weighted by atomic mass is 10.0. The summed E-state index contributed by atoms with van der Waals surface area (Å²) in [5.74, 6) is 0.731.